The highest BCUT2D eigenvalue weighted by molar-refractivity contribution is 5.89. The van der Waals surface area contributed by atoms with Gasteiger partial charge in [0.25, 0.3) is 5.56 Å². The molecule has 2 heterocycles. The van der Waals surface area contributed by atoms with Crippen molar-refractivity contribution in [3.63, 3.8) is 0 Å². The largest absolute Gasteiger partial charge is 0.493 e. The lowest BCUT2D eigenvalue weighted by Crippen LogP contribution is -2.14. The van der Waals surface area contributed by atoms with Gasteiger partial charge in [0.1, 0.15) is 17.3 Å². The molecule has 2 aromatic carbocycles. The quantitative estimate of drug-likeness (QED) is 0.570. The van der Waals surface area contributed by atoms with Crippen molar-refractivity contribution in [3.05, 3.63) is 75.6 Å². The third-order valence-electron chi connectivity index (χ3n) is 4.96. The molecule has 4 rings (SSSR count). The molecule has 0 aliphatic rings. The minimum absolute atomic E-state index is 0.197. The second-order valence-corrected chi connectivity index (χ2v) is 6.62. The maximum Gasteiger partial charge on any atom is 0.257 e. The van der Waals surface area contributed by atoms with Crippen LogP contribution < -0.4 is 15.0 Å². The second-order valence-electron chi connectivity index (χ2n) is 6.62. The maximum absolute atomic E-state index is 12.9. The van der Waals surface area contributed by atoms with Crippen molar-refractivity contribution in [3.8, 4) is 17.6 Å². The van der Waals surface area contributed by atoms with Gasteiger partial charge in [0.15, 0.2) is 11.5 Å². The van der Waals surface area contributed by atoms with Crippen molar-refractivity contribution < 1.29 is 9.47 Å². The third-order valence-corrected chi connectivity index (χ3v) is 4.96. The number of para-hydroxylation sites is 3. The number of fused-ring (bicyclic) bond motifs is 3. The Morgan fingerprint density at radius 1 is 1.14 bits per heavy atom. The number of allylic oxidation sites excluding steroid dienone is 1. The first kappa shape index (κ1) is 18.4. The summed E-state index contributed by atoms with van der Waals surface area (Å²) in [5, 5.41) is 9.87. The number of imidazole rings is 1. The van der Waals surface area contributed by atoms with Crippen molar-refractivity contribution in [1.29, 1.82) is 5.26 Å². The van der Waals surface area contributed by atoms with Crippen LogP contribution in [0.4, 0.5) is 0 Å². The number of methoxy groups -OCH3 is 2. The van der Waals surface area contributed by atoms with Crippen LogP contribution in [0.3, 0.4) is 0 Å². The molecule has 6 nitrogen and oxygen atoms in total. The highest BCUT2D eigenvalue weighted by atomic mass is 16.5. The number of H-pyrrole nitrogens is 1. The number of pyridine rings is 1. The molecule has 0 amide bonds. The molecule has 0 radical (unpaired) electrons. The van der Waals surface area contributed by atoms with Gasteiger partial charge in [-0.25, -0.2) is 0 Å². The van der Waals surface area contributed by atoms with Gasteiger partial charge in [0.05, 0.1) is 25.3 Å². The summed E-state index contributed by atoms with van der Waals surface area (Å²) in [6.07, 6.45) is 1.89. The Balaban J connectivity index is 1.97. The van der Waals surface area contributed by atoms with Gasteiger partial charge >= 0.3 is 0 Å². The number of rotatable bonds is 4. The van der Waals surface area contributed by atoms with Crippen LogP contribution in [0.2, 0.25) is 0 Å². The first-order chi connectivity index (χ1) is 14.1. The zero-order valence-electron chi connectivity index (χ0n) is 16.3. The Kier molecular flexibility index (Phi) is 4.57. The van der Waals surface area contributed by atoms with E-state index in [1.165, 1.54) is 10.5 Å². The first-order valence-corrected chi connectivity index (χ1v) is 9.05. The van der Waals surface area contributed by atoms with Gasteiger partial charge in [-0.15, -0.1) is 0 Å². The summed E-state index contributed by atoms with van der Waals surface area (Å²) in [4.78, 5) is 16.1. The maximum atomic E-state index is 12.9. The zero-order valence-corrected chi connectivity index (χ0v) is 16.3. The van der Waals surface area contributed by atoms with E-state index in [-0.39, 0.29) is 5.56 Å². The molecule has 0 saturated carbocycles. The van der Waals surface area contributed by atoms with Crippen LogP contribution in [-0.4, -0.2) is 23.6 Å². The van der Waals surface area contributed by atoms with Crippen LogP contribution in [0.15, 0.2) is 53.3 Å². The standard InChI is InChI=1S/C23H19N3O3/c1-14(11-15-7-6-10-20(28-2)22(15)29-3)16-12-21(27)26-19-9-5-4-8-18(19)25-23(26)17(16)13-24/h4-12,25H,1-3H3. The average Bonchev–Trinajstić information content (AvgIpc) is 3.13. The monoisotopic (exact) mass is 385 g/mol. The molecule has 0 saturated heterocycles. The van der Waals surface area contributed by atoms with Gasteiger partial charge in [-0.2, -0.15) is 5.26 Å². The first-order valence-electron chi connectivity index (χ1n) is 9.05. The van der Waals surface area contributed by atoms with Crippen LogP contribution in [0.25, 0.3) is 28.3 Å². The summed E-state index contributed by atoms with van der Waals surface area (Å²) >= 11 is 0. The molecule has 0 unspecified atom stereocenters. The van der Waals surface area contributed by atoms with Crippen molar-refractivity contribution >= 4 is 28.3 Å². The number of benzene rings is 2. The topological polar surface area (TPSA) is 79.5 Å². The lowest BCUT2D eigenvalue weighted by molar-refractivity contribution is 0.354. The van der Waals surface area contributed by atoms with Crippen molar-refractivity contribution in [2.45, 2.75) is 6.92 Å². The van der Waals surface area contributed by atoms with E-state index >= 15 is 0 Å². The third kappa shape index (κ3) is 2.93. The van der Waals surface area contributed by atoms with E-state index in [2.05, 4.69) is 11.1 Å². The van der Waals surface area contributed by atoms with Gasteiger partial charge in [-0.05, 0) is 36.8 Å². The molecule has 6 heteroatoms. The molecule has 0 fully saturated rings. The molecule has 29 heavy (non-hydrogen) atoms. The Labute approximate surface area is 167 Å². The van der Waals surface area contributed by atoms with Crippen LogP contribution in [-0.2, 0) is 0 Å². The number of nitrogens with zero attached hydrogens (tertiary/aromatic N) is 2. The summed E-state index contributed by atoms with van der Waals surface area (Å²) in [6, 6.07) is 16.8. The molecule has 0 atom stereocenters. The molecule has 1 N–H and O–H groups in total. The number of hydrogen-bond donors (Lipinski definition) is 1. The Bertz CT molecular complexity index is 1370. The predicted molar refractivity (Wildman–Crippen MR) is 113 cm³/mol. The minimum Gasteiger partial charge on any atom is -0.493 e. The van der Waals surface area contributed by atoms with Gasteiger partial charge < -0.3 is 14.5 Å². The molecule has 0 bridgehead atoms. The summed E-state index contributed by atoms with van der Waals surface area (Å²) in [6.45, 7) is 1.87. The fourth-order valence-corrected chi connectivity index (χ4v) is 3.63. The van der Waals surface area contributed by atoms with Crippen LogP contribution in [0, 0.1) is 11.3 Å². The highest BCUT2D eigenvalue weighted by Crippen LogP contribution is 2.34. The van der Waals surface area contributed by atoms with Crippen LogP contribution in [0.1, 0.15) is 23.6 Å². The number of nitrogens with one attached hydrogen (secondary N) is 1. The van der Waals surface area contributed by atoms with E-state index in [0.29, 0.717) is 28.3 Å². The predicted octanol–water partition coefficient (Wildman–Crippen LogP) is 4.23. The van der Waals surface area contributed by atoms with Gasteiger partial charge in [0.2, 0.25) is 0 Å². The van der Waals surface area contributed by atoms with Crippen LogP contribution >= 0.6 is 0 Å². The van der Waals surface area contributed by atoms with Gasteiger partial charge in [0, 0.05) is 17.2 Å². The molecule has 0 spiro atoms. The highest BCUT2D eigenvalue weighted by Gasteiger charge is 2.16. The van der Waals surface area contributed by atoms with E-state index in [4.69, 9.17) is 9.47 Å². The summed E-state index contributed by atoms with van der Waals surface area (Å²) in [7, 11) is 3.16. The number of aromatic amines is 1. The lowest BCUT2D eigenvalue weighted by Gasteiger charge is -2.11. The SMILES string of the molecule is COc1cccc(C=C(C)c2cc(=O)n3c([nH]c4ccccc43)c2C#N)c1OC. The minimum atomic E-state index is -0.197. The second kappa shape index (κ2) is 7.21. The number of nitriles is 1. The summed E-state index contributed by atoms with van der Waals surface area (Å²) in [5.41, 5.74) is 4.39. The van der Waals surface area contributed by atoms with Gasteiger partial charge in [-0.3, -0.25) is 9.20 Å². The molecule has 2 aromatic heterocycles. The van der Waals surface area contributed by atoms with Crippen molar-refractivity contribution in [2.24, 2.45) is 0 Å². The normalized spacial score (nSPS) is 11.6. The Hall–Kier alpha value is -3.98. The number of ether oxygens (including phenoxy) is 2. The average molecular weight is 385 g/mol. The fraction of sp³-hybridized carbons (Fsp3) is 0.130. The van der Waals surface area contributed by atoms with E-state index in [9.17, 15) is 10.1 Å². The van der Waals surface area contributed by atoms with E-state index in [1.807, 2.05) is 55.5 Å². The van der Waals surface area contributed by atoms with Crippen LogP contribution in [0.5, 0.6) is 11.5 Å². The Morgan fingerprint density at radius 2 is 1.93 bits per heavy atom. The molecule has 4 aromatic rings. The molecule has 0 aliphatic carbocycles. The smallest absolute Gasteiger partial charge is 0.257 e. The van der Waals surface area contributed by atoms with E-state index in [0.717, 1.165) is 22.2 Å². The lowest BCUT2D eigenvalue weighted by atomic mass is 10.00. The van der Waals surface area contributed by atoms with Gasteiger partial charge in [-0.1, -0.05) is 24.3 Å². The molecule has 0 aliphatic heterocycles. The van der Waals surface area contributed by atoms with E-state index in [1.54, 1.807) is 14.2 Å². The van der Waals surface area contributed by atoms with Crippen molar-refractivity contribution in [1.82, 2.24) is 9.38 Å². The summed E-state index contributed by atoms with van der Waals surface area (Å²) < 4.78 is 12.4. The zero-order chi connectivity index (χ0) is 20.5. The number of hydrogen-bond acceptors (Lipinski definition) is 4. The fourth-order valence-electron chi connectivity index (χ4n) is 3.63. The Morgan fingerprint density at radius 3 is 2.66 bits per heavy atom. The van der Waals surface area contributed by atoms with Crippen molar-refractivity contribution in [2.75, 3.05) is 14.2 Å². The number of aromatic nitrogens is 2. The summed E-state index contributed by atoms with van der Waals surface area (Å²) in [5.74, 6) is 1.21. The molecular formula is C23H19N3O3. The molecular weight excluding hydrogens is 366 g/mol. The molecule has 144 valence electrons. The van der Waals surface area contributed by atoms with E-state index < -0.39 is 0 Å².